The molecule has 0 saturated carbocycles. The monoisotopic (exact) mass is 390 g/mol. The number of halogens is 2. The number of nitrogens with zero attached hydrogens (tertiary/aromatic N) is 1. The maximum Gasteiger partial charge on any atom is 0.404 e. The van der Waals surface area contributed by atoms with E-state index in [0.717, 1.165) is 16.1 Å². The highest BCUT2D eigenvalue weighted by molar-refractivity contribution is 9.10. The number of benzene rings is 1. The van der Waals surface area contributed by atoms with Crippen LogP contribution < -0.4 is 5.32 Å². The van der Waals surface area contributed by atoms with Crippen LogP contribution >= 0.6 is 15.9 Å². The molecule has 0 aliphatic heterocycles. The van der Waals surface area contributed by atoms with Gasteiger partial charge >= 0.3 is 6.09 Å². The predicted molar refractivity (Wildman–Crippen MR) is 80.8 cm³/mol. The topological polar surface area (TPSA) is 88.4 Å². The van der Waals surface area contributed by atoms with Gasteiger partial charge in [-0.1, -0.05) is 0 Å². The van der Waals surface area contributed by atoms with Gasteiger partial charge in [0.15, 0.2) is 0 Å². The van der Waals surface area contributed by atoms with Gasteiger partial charge in [0, 0.05) is 12.7 Å². The first-order chi connectivity index (χ1) is 10.3. The second kappa shape index (κ2) is 6.49. The van der Waals surface area contributed by atoms with Crippen molar-refractivity contribution in [2.45, 2.75) is 11.3 Å². The second-order valence-electron chi connectivity index (χ2n) is 4.41. The zero-order chi connectivity index (χ0) is 16.3. The van der Waals surface area contributed by atoms with Crippen LogP contribution in [0.1, 0.15) is 5.56 Å². The van der Waals surface area contributed by atoms with E-state index in [4.69, 9.17) is 5.11 Å². The minimum atomic E-state index is -3.84. The van der Waals surface area contributed by atoms with E-state index in [1.165, 1.54) is 18.3 Å². The first-order valence-electron chi connectivity index (χ1n) is 6.15. The van der Waals surface area contributed by atoms with Gasteiger partial charge in [0.25, 0.3) is 10.0 Å². The molecule has 2 rings (SSSR count). The maximum atomic E-state index is 12.9. The summed E-state index contributed by atoms with van der Waals surface area (Å²) in [5.74, 6) is -0.522. The van der Waals surface area contributed by atoms with E-state index in [0.29, 0.717) is 16.6 Å². The summed E-state index contributed by atoms with van der Waals surface area (Å²) in [5.41, 5.74) is 0.645. The van der Waals surface area contributed by atoms with Gasteiger partial charge in [-0.05, 0) is 58.2 Å². The summed E-state index contributed by atoms with van der Waals surface area (Å²) in [6.07, 6.45) is 0.598. The molecular weight excluding hydrogens is 379 g/mol. The van der Waals surface area contributed by atoms with E-state index >= 15 is 0 Å². The molecule has 0 atom stereocenters. The van der Waals surface area contributed by atoms with Crippen molar-refractivity contribution in [2.75, 3.05) is 6.54 Å². The Morgan fingerprint density at radius 3 is 2.55 bits per heavy atom. The van der Waals surface area contributed by atoms with Crippen molar-refractivity contribution in [3.8, 4) is 0 Å². The van der Waals surface area contributed by atoms with Crippen LogP contribution in [0, 0.1) is 5.82 Å². The van der Waals surface area contributed by atoms with Crippen LogP contribution in [0.3, 0.4) is 0 Å². The lowest BCUT2D eigenvalue weighted by Crippen LogP contribution is -2.23. The Morgan fingerprint density at radius 2 is 1.95 bits per heavy atom. The molecule has 0 radical (unpaired) electrons. The van der Waals surface area contributed by atoms with Crippen molar-refractivity contribution >= 4 is 32.0 Å². The molecule has 118 valence electrons. The van der Waals surface area contributed by atoms with Crippen molar-refractivity contribution < 1.29 is 22.7 Å². The summed E-state index contributed by atoms with van der Waals surface area (Å²) < 4.78 is 39.2. The zero-order valence-corrected chi connectivity index (χ0v) is 13.6. The largest absolute Gasteiger partial charge is 0.465 e. The van der Waals surface area contributed by atoms with Crippen molar-refractivity contribution in [1.29, 1.82) is 0 Å². The fraction of sp³-hybridized carbons (Fsp3) is 0.154. The molecule has 9 heteroatoms. The van der Waals surface area contributed by atoms with Gasteiger partial charge < -0.3 is 10.4 Å². The van der Waals surface area contributed by atoms with E-state index in [1.54, 1.807) is 6.07 Å². The highest BCUT2D eigenvalue weighted by Gasteiger charge is 2.20. The van der Waals surface area contributed by atoms with Gasteiger partial charge in [-0.15, -0.1) is 0 Å². The lowest BCUT2D eigenvalue weighted by Gasteiger charge is -2.07. The summed E-state index contributed by atoms with van der Waals surface area (Å²) >= 11 is 3.16. The number of rotatable bonds is 5. The summed E-state index contributed by atoms with van der Waals surface area (Å²) in [4.78, 5) is 10.3. The van der Waals surface area contributed by atoms with Gasteiger partial charge in [-0.3, -0.25) is 0 Å². The Bertz CT molecular complexity index is 787. The average Bonchev–Trinajstić information content (AvgIpc) is 2.80. The van der Waals surface area contributed by atoms with Crippen LogP contribution in [0.15, 0.2) is 46.0 Å². The molecule has 22 heavy (non-hydrogen) atoms. The van der Waals surface area contributed by atoms with Crippen molar-refractivity contribution in [1.82, 2.24) is 9.29 Å². The predicted octanol–water partition coefficient (Wildman–Crippen LogP) is 2.44. The molecule has 0 fully saturated rings. The van der Waals surface area contributed by atoms with Crippen LogP contribution in [0.5, 0.6) is 0 Å². The van der Waals surface area contributed by atoms with E-state index in [1.807, 2.05) is 0 Å². The van der Waals surface area contributed by atoms with Crippen LogP contribution in [0.4, 0.5) is 9.18 Å². The first-order valence-corrected chi connectivity index (χ1v) is 8.39. The zero-order valence-electron chi connectivity index (χ0n) is 11.2. The van der Waals surface area contributed by atoms with Crippen LogP contribution in [0.25, 0.3) is 0 Å². The summed E-state index contributed by atoms with van der Waals surface area (Å²) in [6, 6.07) is 6.10. The molecule has 0 spiro atoms. The van der Waals surface area contributed by atoms with Gasteiger partial charge in [-0.2, -0.15) is 0 Å². The van der Waals surface area contributed by atoms with Crippen molar-refractivity contribution in [2.24, 2.45) is 0 Å². The molecule has 1 amide bonds. The molecular formula is C13H12BrFN2O4S. The smallest absolute Gasteiger partial charge is 0.404 e. The number of hydrogen-bond acceptors (Lipinski definition) is 3. The lowest BCUT2D eigenvalue weighted by molar-refractivity contribution is 0.194. The molecule has 0 aliphatic rings. The lowest BCUT2D eigenvalue weighted by atomic mass is 10.2. The summed E-state index contributed by atoms with van der Waals surface area (Å²) in [5, 5.41) is 10.7. The highest BCUT2D eigenvalue weighted by Crippen LogP contribution is 2.23. The molecule has 2 N–H and O–H groups in total. The first kappa shape index (κ1) is 16.5. The number of carbonyl (C=O) groups is 1. The minimum absolute atomic E-state index is 0.0413. The Balaban J connectivity index is 2.26. The Hall–Kier alpha value is -1.87. The Kier molecular flexibility index (Phi) is 4.87. The number of hydrogen-bond donors (Lipinski definition) is 2. The fourth-order valence-electron chi connectivity index (χ4n) is 1.82. The van der Waals surface area contributed by atoms with Gasteiger partial charge in [0.2, 0.25) is 0 Å². The summed E-state index contributed by atoms with van der Waals surface area (Å²) in [7, 11) is -3.84. The second-order valence-corrected chi connectivity index (χ2v) is 7.04. The van der Waals surface area contributed by atoms with E-state index < -0.39 is 21.9 Å². The van der Waals surface area contributed by atoms with E-state index in [2.05, 4.69) is 21.2 Å². The minimum Gasteiger partial charge on any atom is -0.465 e. The van der Waals surface area contributed by atoms with E-state index in [-0.39, 0.29) is 11.4 Å². The van der Waals surface area contributed by atoms with Gasteiger partial charge in [0.05, 0.1) is 4.90 Å². The number of carboxylic acid groups (broad SMARTS) is 1. The standard InChI is InChI=1S/C13H12BrFN2O4S/c14-12-7-9(5-6-16-13(18)19)8-17(12)22(20,21)11-3-1-10(15)2-4-11/h1-4,7-8,16H,5-6H2,(H,18,19). The molecule has 2 aromatic rings. The van der Waals surface area contributed by atoms with Crippen LogP contribution in [0.2, 0.25) is 0 Å². The highest BCUT2D eigenvalue weighted by atomic mass is 79.9. The number of aromatic nitrogens is 1. The van der Waals surface area contributed by atoms with Gasteiger partial charge in [0.1, 0.15) is 10.4 Å². The normalized spacial score (nSPS) is 11.4. The third-order valence-corrected chi connectivity index (χ3v) is 5.39. The molecule has 0 unspecified atom stereocenters. The molecule has 6 nitrogen and oxygen atoms in total. The molecule has 1 aromatic heterocycles. The molecule has 0 aliphatic carbocycles. The molecule has 1 heterocycles. The quantitative estimate of drug-likeness (QED) is 0.820. The average molecular weight is 391 g/mol. The van der Waals surface area contributed by atoms with Crippen LogP contribution in [-0.2, 0) is 16.4 Å². The molecule has 0 saturated heterocycles. The Labute approximate surface area is 134 Å². The summed E-state index contributed by atoms with van der Waals surface area (Å²) in [6.45, 7) is 0.169. The fourth-order valence-corrected chi connectivity index (χ4v) is 4.05. The number of nitrogens with one attached hydrogen (secondary N) is 1. The van der Waals surface area contributed by atoms with Gasteiger partial charge in [-0.25, -0.2) is 21.6 Å². The molecule has 0 bridgehead atoms. The van der Waals surface area contributed by atoms with Crippen molar-refractivity contribution in [3.63, 3.8) is 0 Å². The number of amides is 1. The third kappa shape index (κ3) is 3.66. The maximum absolute atomic E-state index is 12.9. The van der Waals surface area contributed by atoms with Crippen molar-refractivity contribution in [3.05, 3.63) is 52.5 Å². The Morgan fingerprint density at radius 1 is 1.32 bits per heavy atom. The van der Waals surface area contributed by atoms with E-state index in [9.17, 15) is 17.6 Å². The molecule has 1 aromatic carbocycles. The van der Waals surface area contributed by atoms with Crippen LogP contribution in [-0.4, -0.2) is 30.1 Å². The third-order valence-electron chi connectivity index (χ3n) is 2.86. The SMILES string of the molecule is O=C(O)NCCc1cc(Br)n(S(=O)(=O)c2ccc(F)cc2)c1.